The van der Waals surface area contributed by atoms with Crippen LogP contribution in [0, 0.1) is 6.92 Å². The van der Waals surface area contributed by atoms with E-state index in [-0.39, 0.29) is 0 Å². The van der Waals surface area contributed by atoms with Crippen molar-refractivity contribution in [1.29, 1.82) is 0 Å². The second-order valence-corrected chi connectivity index (χ2v) is 4.09. The Morgan fingerprint density at radius 3 is 2.88 bits per heavy atom. The Morgan fingerprint density at radius 1 is 1.35 bits per heavy atom. The Morgan fingerprint density at radius 2 is 2.18 bits per heavy atom. The fourth-order valence-electron chi connectivity index (χ4n) is 1.63. The van der Waals surface area contributed by atoms with Crippen molar-refractivity contribution < 1.29 is 4.74 Å². The molecule has 1 heterocycles. The van der Waals surface area contributed by atoms with Crippen LogP contribution in [0.15, 0.2) is 24.8 Å². The molecule has 0 spiro atoms. The van der Waals surface area contributed by atoms with Crippen LogP contribution in [0.1, 0.15) is 37.1 Å². The van der Waals surface area contributed by atoms with Crippen molar-refractivity contribution in [3.63, 3.8) is 0 Å². The normalized spacial score (nSPS) is 10.2. The summed E-state index contributed by atoms with van der Waals surface area (Å²) in [5, 5.41) is 0. The summed E-state index contributed by atoms with van der Waals surface area (Å²) in [7, 11) is 0. The lowest BCUT2D eigenvalue weighted by Crippen LogP contribution is -2.06. The van der Waals surface area contributed by atoms with Gasteiger partial charge in [0.15, 0.2) is 0 Å². The van der Waals surface area contributed by atoms with Gasteiger partial charge in [-0.05, 0) is 44.7 Å². The first-order valence-electron chi connectivity index (χ1n) is 6.18. The third-order valence-electron chi connectivity index (χ3n) is 2.58. The molecule has 1 rings (SSSR count). The Labute approximate surface area is 104 Å². The maximum absolute atomic E-state index is 5.69. The van der Waals surface area contributed by atoms with Crippen LogP contribution < -0.4 is 10.5 Å². The fraction of sp³-hybridized carbons (Fsp3) is 0.500. The molecule has 0 amide bonds. The van der Waals surface area contributed by atoms with Crippen molar-refractivity contribution in [3.8, 4) is 5.75 Å². The standard InChI is InChI=1S/C14H22N2O/c1-3-4-5-6-7-10-17-14-9-8-12(2)16-13(14)11-15/h3,8-9H,1,4-7,10-11,15H2,2H3. The first kappa shape index (κ1) is 13.7. The van der Waals surface area contributed by atoms with E-state index < -0.39 is 0 Å². The van der Waals surface area contributed by atoms with Crippen molar-refractivity contribution in [2.24, 2.45) is 5.73 Å². The molecule has 3 heteroatoms. The van der Waals surface area contributed by atoms with E-state index in [4.69, 9.17) is 10.5 Å². The van der Waals surface area contributed by atoms with E-state index in [1.165, 1.54) is 12.8 Å². The molecule has 17 heavy (non-hydrogen) atoms. The molecular weight excluding hydrogens is 212 g/mol. The van der Waals surface area contributed by atoms with E-state index in [1.807, 2.05) is 25.1 Å². The third-order valence-corrected chi connectivity index (χ3v) is 2.58. The number of pyridine rings is 1. The second-order valence-electron chi connectivity index (χ2n) is 4.09. The molecular formula is C14H22N2O. The molecule has 1 aromatic heterocycles. The number of aromatic nitrogens is 1. The molecule has 0 atom stereocenters. The third kappa shape index (κ3) is 5.00. The van der Waals surface area contributed by atoms with E-state index in [0.29, 0.717) is 6.54 Å². The predicted molar refractivity (Wildman–Crippen MR) is 71.0 cm³/mol. The number of aryl methyl sites for hydroxylation is 1. The largest absolute Gasteiger partial charge is 0.492 e. The summed E-state index contributed by atoms with van der Waals surface area (Å²) in [6.45, 7) is 6.82. The van der Waals surface area contributed by atoms with Gasteiger partial charge in [0, 0.05) is 12.2 Å². The topological polar surface area (TPSA) is 48.1 Å². The molecule has 0 radical (unpaired) electrons. The van der Waals surface area contributed by atoms with Crippen molar-refractivity contribution >= 4 is 0 Å². The zero-order valence-corrected chi connectivity index (χ0v) is 10.6. The minimum Gasteiger partial charge on any atom is -0.492 e. The lowest BCUT2D eigenvalue weighted by atomic mass is 10.2. The summed E-state index contributed by atoms with van der Waals surface area (Å²) in [5.41, 5.74) is 7.46. The van der Waals surface area contributed by atoms with Crippen LogP contribution in [0.3, 0.4) is 0 Å². The van der Waals surface area contributed by atoms with Crippen LogP contribution in [-0.4, -0.2) is 11.6 Å². The van der Waals surface area contributed by atoms with Crippen LogP contribution in [-0.2, 0) is 6.54 Å². The molecule has 0 aliphatic heterocycles. The summed E-state index contributed by atoms with van der Waals surface area (Å²) >= 11 is 0. The van der Waals surface area contributed by atoms with Gasteiger partial charge in [-0.15, -0.1) is 6.58 Å². The van der Waals surface area contributed by atoms with Gasteiger partial charge < -0.3 is 10.5 Å². The van der Waals surface area contributed by atoms with Gasteiger partial charge in [-0.3, -0.25) is 4.98 Å². The summed E-state index contributed by atoms with van der Waals surface area (Å²) in [6.07, 6.45) is 6.45. The van der Waals surface area contributed by atoms with Crippen LogP contribution >= 0.6 is 0 Å². The Kier molecular flexibility index (Phi) is 6.33. The SMILES string of the molecule is C=CCCCCCOc1ccc(C)nc1CN. The molecule has 2 N–H and O–H groups in total. The number of ether oxygens (including phenoxy) is 1. The highest BCUT2D eigenvalue weighted by Gasteiger charge is 2.03. The zero-order chi connectivity index (χ0) is 12.5. The number of unbranched alkanes of at least 4 members (excludes halogenated alkanes) is 3. The van der Waals surface area contributed by atoms with Crippen LogP contribution in [0.2, 0.25) is 0 Å². The summed E-state index contributed by atoms with van der Waals surface area (Å²) < 4.78 is 5.69. The molecule has 0 aromatic carbocycles. The van der Waals surface area contributed by atoms with E-state index in [1.54, 1.807) is 0 Å². The van der Waals surface area contributed by atoms with Gasteiger partial charge in [-0.25, -0.2) is 0 Å². The predicted octanol–water partition coefficient (Wildman–Crippen LogP) is 2.97. The van der Waals surface area contributed by atoms with Crippen LogP contribution in [0.25, 0.3) is 0 Å². The number of hydrogen-bond donors (Lipinski definition) is 1. The number of nitrogens with two attached hydrogens (primary N) is 1. The maximum Gasteiger partial charge on any atom is 0.142 e. The lowest BCUT2D eigenvalue weighted by Gasteiger charge is -2.10. The van der Waals surface area contributed by atoms with Crippen molar-refractivity contribution in [2.75, 3.05) is 6.61 Å². The van der Waals surface area contributed by atoms with Crippen LogP contribution in [0.5, 0.6) is 5.75 Å². The quantitative estimate of drug-likeness (QED) is 0.555. The molecule has 0 saturated heterocycles. The van der Waals surface area contributed by atoms with Crippen molar-refractivity contribution in [3.05, 3.63) is 36.2 Å². The van der Waals surface area contributed by atoms with Gasteiger partial charge in [-0.2, -0.15) is 0 Å². The number of nitrogens with zero attached hydrogens (tertiary/aromatic N) is 1. The smallest absolute Gasteiger partial charge is 0.142 e. The molecule has 0 aliphatic carbocycles. The van der Waals surface area contributed by atoms with Gasteiger partial charge in [0.25, 0.3) is 0 Å². The van der Waals surface area contributed by atoms with Crippen molar-refractivity contribution in [2.45, 2.75) is 39.2 Å². The molecule has 0 unspecified atom stereocenters. The molecule has 0 bridgehead atoms. The van der Waals surface area contributed by atoms with E-state index >= 15 is 0 Å². The highest BCUT2D eigenvalue weighted by Crippen LogP contribution is 2.16. The maximum atomic E-state index is 5.69. The lowest BCUT2D eigenvalue weighted by molar-refractivity contribution is 0.301. The molecule has 0 fully saturated rings. The minimum atomic E-state index is 0.424. The summed E-state index contributed by atoms with van der Waals surface area (Å²) in [4.78, 5) is 4.36. The van der Waals surface area contributed by atoms with E-state index in [0.717, 1.165) is 36.6 Å². The highest BCUT2D eigenvalue weighted by atomic mass is 16.5. The molecule has 94 valence electrons. The van der Waals surface area contributed by atoms with Gasteiger partial charge >= 0.3 is 0 Å². The highest BCUT2D eigenvalue weighted by molar-refractivity contribution is 5.29. The Bertz CT molecular complexity index is 350. The first-order chi connectivity index (χ1) is 8.27. The Hall–Kier alpha value is -1.35. The average molecular weight is 234 g/mol. The summed E-state index contributed by atoms with van der Waals surface area (Å²) in [5.74, 6) is 0.821. The molecule has 0 aliphatic rings. The van der Waals surface area contributed by atoms with Gasteiger partial charge in [-0.1, -0.05) is 6.08 Å². The van der Waals surface area contributed by atoms with Crippen molar-refractivity contribution in [1.82, 2.24) is 4.98 Å². The molecule has 3 nitrogen and oxygen atoms in total. The van der Waals surface area contributed by atoms with E-state index in [2.05, 4.69) is 11.6 Å². The molecule has 1 aromatic rings. The van der Waals surface area contributed by atoms with E-state index in [9.17, 15) is 0 Å². The summed E-state index contributed by atoms with van der Waals surface area (Å²) in [6, 6.07) is 3.90. The fourth-order valence-corrected chi connectivity index (χ4v) is 1.63. The number of hydrogen-bond acceptors (Lipinski definition) is 3. The van der Waals surface area contributed by atoms with Gasteiger partial charge in [0.2, 0.25) is 0 Å². The number of allylic oxidation sites excluding steroid dienone is 1. The zero-order valence-electron chi connectivity index (χ0n) is 10.6. The average Bonchev–Trinajstić information content (AvgIpc) is 2.35. The van der Waals surface area contributed by atoms with Crippen LogP contribution in [0.4, 0.5) is 0 Å². The van der Waals surface area contributed by atoms with Gasteiger partial charge in [0.1, 0.15) is 5.75 Å². The second kappa shape index (κ2) is 7.85. The van der Waals surface area contributed by atoms with Gasteiger partial charge in [0.05, 0.1) is 12.3 Å². The molecule has 0 saturated carbocycles. The monoisotopic (exact) mass is 234 g/mol. The number of rotatable bonds is 8. The minimum absolute atomic E-state index is 0.424. The Balaban J connectivity index is 2.33. The first-order valence-corrected chi connectivity index (χ1v) is 6.18.